The van der Waals surface area contributed by atoms with Crippen molar-refractivity contribution in [3.05, 3.63) is 0 Å². The Labute approximate surface area is 99.0 Å². The quantitative estimate of drug-likeness (QED) is 0.590. The van der Waals surface area contributed by atoms with Crippen LogP contribution in [0.25, 0.3) is 0 Å². The van der Waals surface area contributed by atoms with Gasteiger partial charge in [-0.3, -0.25) is 4.79 Å². The second-order valence-corrected chi connectivity index (χ2v) is 4.53. The standard InChI is InChI=1S/C12H26N2O2/c1-5-11(12(15)16)13-8-6-7-9-14(4)10(2)3/h10-11,13H,5-9H2,1-4H3,(H,15,16). The Kier molecular flexibility index (Phi) is 8.21. The Bertz CT molecular complexity index is 195. The number of nitrogens with zero attached hydrogens (tertiary/aromatic N) is 1. The van der Waals surface area contributed by atoms with Gasteiger partial charge in [-0.15, -0.1) is 0 Å². The number of hydrogen-bond donors (Lipinski definition) is 2. The number of unbranched alkanes of at least 4 members (excludes halogenated alkanes) is 1. The zero-order valence-electron chi connectivity index (χ0n) is 11.0. The molecule has 16 heavy (non-hydrogen) atoms. The summed E-state index contributed by atoms with van der Waals surface area (Å²) in [5.74, 6) is -0.748. The SMILES string of the molecule is CCC(NCCCCN(C)C(C)C)C(=O)O. The number of carboxylic acids is 1. The first-order valence-corrected chi connectivity index (χ1v) is 6.15. The molecule has 0 spiro atoms. The molecule has 0 radical (unpaired) electrons. The molecule has 0 aromatic carbocycles. The molecule has 0 fully saturated rings. The highest BCUT2D eigenvalue weighted by Gasteiger charge is 2.12. The van der Waals surface area contributed by atoms with Crippen LogP contribution in [0.1, 0.15) is 40.0 Å². The highest BCUT2D eigenvalue weighted by atomic mass is 16.4. The topological polar surface area (TPSA) is 52.6 Å². The summed E-state index contributed by atoms with van der Waals surface area (Å²) in [6.45, 7) is 8.10. The lowest BCUT2D eigenvalue weighted by molar-refractivity contribution is -0.139. The average molecular weight is 230 g/mol. The van der Waals surface area contributed by atoms with Crippen LogP contribution < -0.4 is 5.32 Å². The number of carboxylic acid groups (broad SMARTS) is 1. The zero-order valence-corrected chi connectivity index (χ0v) is 11.0. The Morgan fingerprint density at radius 3 is 2.44 bits per heavy atom. The van der Waals surface area contributed by atoms with E-state index >= 15 is 0 Å². The third-order valence-corrected chi connectivity index (χ3v) is 2.92. The summed E-state index contributed by atoms with van der Waals surface area (Å²) < 4.78 is 0. The maximum Gasteiger partial charge on any atom is 0.320 e. The van der Waals surface area contributed by atoms with Gasteiger partial charge in [0.05, 0.1) is 0 Å². The van der Waals surface area contributed by atoms with E-state index < -0.39 is 5.97 Å². The number of nitrogens with one attached hydrogen (secondary N) is 1. The van der Waals surface area contributed by atoms with Gasteiger partial charge in [-0.1, -0.05) is 6.92 Å². The minimum absolute atomic E-state index is 0.386. The molecule has 0 saturated carbocycles. The smallest absolute Gasteiger partial charge is 0.320 e. The fourth-order valence-corrected chi connectivity index (χ4v) is 1.43. The van der Waals surface area contributed by atoms with Gasteiger partial charge in [-0.25, -0.2) is 0 Å². The average Bonchev–Trinajstić information content (AvgIpc) is 2.22. The molecule has 4 nitrogen and oxygen atoms in total. The number of hydrogen-bond acceptors (Lipinski definition) is 3. The van der Waals surface area contributed by atoms with Crippen LogP contribution in [0.5, 0.6) is 0 Å². The molecule has 0 aliphatic heterocycles. The molecule has 0 bridgehead atoms. The van der Waals surface area contributed by atoms with Crippen molar-refractivity contribution >= 4 is 5.97 Å². The first kappa shape index (κ1) is 15.4. The third kappa shape index (κ3) is 6.80. The molecule has 0 heterocycles. The van der Waals surface area contributed by atoms with Crippen LogP contribution >= 0.6 is 0 Å². The predicted octanol–water partition coefficient (Wildman–Crippen LogP) is 1.56. The molecule has 1 atom stereocenters. The molecule has 0 rings (SSSR count). The molecule has 1 unspecified atom stereocenters. The van der Waals surface area contributed by atoms with E-state index in [1.54, 1.807) is 0 Å². The molecule has 0 aromatic rings. The summed E-state index contributed by atoms with van der Waals surface area (Å²) in [5.41, 5.74) is 0. The van der Waals surface area contributed by atoms with E-state index in [9.17, 15) is 4.79 Å². The Morgan fingerprint density at radius 2 is 2.00 bits per heavy atom. The Balaban J connectivity index is 3.49. The van der Waals surface area contributed by atoms with Crippen molar-refractivity contribution in [2.75, 3.05) is 20.1 Å². The van der Waals surface area contributed by atoms with Crippen LogP contribution in [0.4, 0.5) is 0 Å². The van der Waals surface area contributed by atoms with Crippen molar-refractivity contribution in [3.8, 4) is 0 Å². The maximum atomic E-state index is 10.7. The van der Waals surface area contributed by atoms with Gasteiger partial charge >= 0.3 is 5.97 Å². The summed E-state index contributed by atoms with van der Waals surface area (Å²) in [4.78, 5) is 13.0. The molecular weight excluding hydrogens is 204 g/mol. The molecular formula is C12H26N2O2. The highest BCUT2D eigenvalue weighted by molar-refractivity contribution is 5.73. The molecule has 0 aliphatic carbocycles. The summed E-state index contributed by atoms with van der Waals surface area (Å²) in [5, 5.41) is 11.9. The number of aliphatic carboxylic acids is 1. The van der Waals surface area contributed by atoms with E-state index in [2.05, 4.69) is 31.1 Å². The molecule has 0 amide bonds. The predicted molar refractivity (Wildman–Crippen MR) is 66.7 cm³/mol. The second kappa shape index (κ2) is 8.53. The minimum atomic E-state index is -0.748. The van der Waals surface area contributed by atoms with Gasteiger partial charge in [-0.2, -0.15) is 0 Å². The summed E-state index contributed by atoms with van der Waals surface area (Å²) >= 11 is 0. The van der Waals surface area contributed by atoms with Gasteiger partial charge < -0.3 is 15.3 Å². The van der Waals surface area contributed by atoms with E-state index in [-0.39, 0.29) is 6.04 Å². The summed E-state index contributed by atoms with van der Waals surface area (Å²) in [6.07, 6.45) is 2.78. The van der Waals surface area contributed by atoms with Gasteiger partial charge in [0, 0.05) is 6.04 Å². The summed E-state index contributed by atoms with van der Waals surface area (Å²) in [7, 11) is 2.12. The van der Waals surface area contributed by atoms with Crippen molar-refractivity contribution in [1.82, 2.24) is 10.2 Å². The van der Waals surface area contributed by atoms with Gasteiger partial charge in [0.25, 0.3) is 0 Å². The van der Waals surface area contributed by atoms with E-state index in [0.29, 0.717) is 12.5 Å². The van der Waals surface area contributed by atoms with E-state index in [1.165, 1.54) is 0 Å². The van der Waals surface area contributed by atoms with E-state index in [0.717, 1.165) is 25.9 Å². The van der Waals surface area contributed by atoms with E-state index in [1.807, 2.05) is 6.92 Å². The molecule has 0 saturated heterocycles. The molecule has 96 valence electrons. The lowest BCUT2D eigenvalue weighted by Crippen LogP contribution is -2.36. The van der Waals surface area contributed by atoms with Crippen molar-refractivity contribution in [2.45, 2.75) is 52.1 Å². The third-order valence-electron chi connectivity index (χ3n) is 2.92. The van der Waals surface area contributed by atoms with Crippen molar-refractivity contribution in [1.29, 1.82) is 0 Å². The second-order valence-electron chi connectivity index (χ2n) is 4.53. The minimum Gasteiger partial charge on any atom is -0.480 e. The monoisotopic (exact) mass is 230 g/mol. The molecule has 4 heteroatoms. The van der Waals surface area contributed by atoms with E-state index in [4.69, 9.17) is 5.11 Å². The van der Waals surface area contributed by atoms with Crippen LogP contribution in [-0.2, 0) is 4.79 Å². The normalized spacial score (nSPS) is 13.4. The van der Waals surface area contributed by atoms with Gasteiger partial charge in [-0.05, 0) is 53.2 Å². The van der Waals surface area contributed by atoms with Gasteiger partial charge in [0.15, 0.2) is 0 Å². The van der Waals surface area contributed by atoms with Gasteiger partial charge in [0.1, 0.15) is 6.04 Å². The number of carbonyl (C=O) groups is 1. The molecule has 0 aromatic heterocycles. The lowest BCUT2D eigenvalue weighted by Gasteiger charge is -2.20. The van der Waals surface area contributed by atoms with Crippen LogP contribution in [0.2, 0.25) is 0 Å². The largest absolute Gasteiger partial charge is 0.480 e. The summed E-state index contributed by atoms with van der Waals surface area (Å²) in [6, 6.07) is 0.193. The van der Waals surface area contributed by atoms with Crippen LogP contribution in [0.15, 0.2) is 0 Å². The molecule has 0 aliphatic rings. The maximum absolute atomic E-state index is 10.7. The van der Waals surface area contributed by atoms with Crippen LogP contribution in [-0.4, -0.2) is 48.2 Å². The number of rotatable bonds is 9. The lowest BCUT2D eigenvalue weighted by atomic mass is 10.2. The Morgan fingerprint density at radius 1 is 1.38 bits per heavy atom. The van der Waals surface area contributed by atoms with Crippen molar-refractivity contribution in [3.63, 3.8) is 0 Å². The fraction of sp³-hybridized carbons (Fsp3) is 0.917. The van der Waals surface area contributed by atoms with Crippen molar-refractivity contribution < 1.29 is 9.90 Å². The molecule has 2 N–H and O–H groups in total. The Hall–Kier alpha value is -0.610. The first-order valence-electron chi connectivity index (χ1n) is 6.15. The fourth-order valence-electron chi connectivity index (χ4n) is 1.43. The van der Waals surface area contributed by atoms with Crippen LogP contribution in [0.3, 0.4) is 0 Å². The van der Waals surface area contributed by atoms with Gasteiger partial charge in [0.2, 0.25) is 0 Å². The first-order chi connectivity index (χ1) is 7.49. The zero-order chi connectivity index (χ0) is 12.6. The van der Waals surface area contributed by atoms with Crippen molar-refractivity contribution in [2.24, 2.45) is 0 Å². The van der Waals surface area contributed by atoms with Crippen LogP contribution in [0, 0.1) is 0 Å². The highest BCUT2D eigenvalue weighted by Crippen LogP contribution is 1.98.